The number of aromatic carboxylic acids is 1. The Kier molecular flexibility index (Phi) is 4.30. The van der Waals surface area contributed by atoms with Crippen LogP contribution in [0, 0.1) is 0 Å². The zero-order chi connectivity index (χ0) is 13.8. The van der Waals surface area contributed by atoms with Gasteiger partial charge < -0.3 is 15.2 Å². The van der Waals surface area contributed by atoms with Crippen LogP contribution < -0.4 is 5.32 Å². The molecule has 2 N–H and O–H groups in total. The fraction of sp³-hybridized carbons (Fsp3) is 0.545. The molecule has 0 aliphatic rings. The molecule has 18 heavy (non-hydrogen) atoms. The van der Waals surface area contributed by atoms with Gasteiger partial charge in [-0.3, -0.25) is 4.68 Å². The van der Waals surface area contributed by atoms with E-state index in [4.69, 9.17) is 9.84 Å². The fourth-order valence-corrected chi connectivity index (χ4v) is 1.18. The summed E-state index contributed by atoms with van der Waals surface area (Å²) in [5.74, 6) is -1.03. The smallest absolute Gasteiger partial charge is 0.407 e. The van der Waals surface area contributed by atoms with Gasteiger partial charge in [0.1, 0.15) is 5.60 Å². The van der Waals surface area contributed by atoms with E-state index in [1.807, 2.05) is 0 Å². The fourth-order valence-electron chi connectivity index (χ4n) is 1.18. The van der Waals surface area contributed by atoms with E-state index in [-0.39, 0.29) is 5.56 Å². The summed E-state index contributed by atoms with van der Waals surface area (Å²) < 4.78 is 6.49. The first-order valence-corrected chi connectivity index (χ1v) is 5.50. The lowest BCUT2D eigenvalue weighted by Gasteiger charge is -2.19. The second kappa shape index (κ2) is 5.52. The number of nitrogens with one attached hydrogen (secondary N) is 1. The Morgan fingerprint density at radius 2 is 2.17 bits per heavy atom. The number of rotatable bonds is 4. The third-order valence-corrected chi connectivity index (χ3v) is 1.89. The number of amides is 1. The quantitative estimate of drug-likeness (QED) is 0.840. The van der Waals surface area contributed by atoms with Crippen molar-refractivity contribution in [3.05, 3.63) is 18.0 Å². The molecule has 0 aromatic carbocycles. The van der Waals surface area contributed by atoms with Crippen molar-refractivity contribution in [1.82, 2.24) is 15.1 Å². The number of carbonyl (C=O) groups is 2. The Bertz CT molecular complexity index is 434. The van der Waals surface area contributed by atoms with Crippen LogP contribution in [0.3, 0.4) is 0 Å². The van der Waals surface area contributed by atoms with Crippen LogP contribution in [-0.2, 0) is 11.3 Å². The van der Waals surface area contributed by atoms with Crippen LogP contribution in [0.5, 0.6) is 0 Å². The summed E-state index contributed by atoms with van der Waals surface area (Å²) in [5.41, 5.74) is -0.418. The van der Waals surface area contributed by atoms with Gasteiger partial charge in [0.05, 0.1) is 18.3 Å². The predicted molar refractivity (Wildman–Crippen MR) is 63.4 cm³/mol. The van der Waals surface area contributed by atoms with Gasteiger partial charge in [-0.25, -0.2) is 9.59 Å². The maximum atomic E-state index is 11.3. The van der Waals surface area contributed by atoms with E-state index >= 15 is 0 Å². The van der Waals surface area contributed by atoms with Crippen molar-refractivity contribution < 1.29 is 19.4 Å². The Morgan fingerprint density at radius 3 is 2.67 bits per heavy atom. The normalized spacial score (nSPS) is 11.1. The molecule has 0 unspecified atom stereocenters. The van der Waals surface area contributed by atoms with Gasteiger partial charge >= 0.3 is 12.1 Å². The van der Waals surface area contributed by atoms with Crippen molar-refractivity contribution >= 4 is 12.1 Å². The highest BCUT2D eigenvalue weighted by Gasteiger charge is 2.15. The lowest BCUT2D eigenvalue weighted by atomic mass is 10.2. The van der Waals surface area contributed by atoms with Gasteiger partial charge in [-0.2, -0.15) is 5.10 Å². The number of alkyl carbamates (subject to hydrolysis) is 1. The number of aromatic nitrogens is 2. The van der Waals surface area contributed by atoms with Crippen LogP contribution in [0.2, 0.25) is 0 Å². The van der Waals surface area contributed by atoms with Gasteiger partial charge in [0, 0.05) is 12.7 Å². The number of carbonyl (C=O) groups excluding carboxylic acids is 1. The summed E-state index contributed by atoms with van der Waals surface area (Å²) in [7, 11) is 0. The zero-order valence-corrected chi connectivity index (χ0v) is 10.6. The van der Waals surface area contributed by atoms with Gasteiger partial charge in [-0.1, -0.05) is 0 Å². The van der Waals surface area contributed by atoms with E-state index in [0.29, 0.717) is 13.1 Å². The molecule has 100 valence electrons. The molecule has 7 heteroatoms. The highest BCUT2D eigenvalue weighted by molar-refractivity contribution is 5.86. The minimum Gasteiger partial charge on any atom is -0.478 e. The van der Waals surface area contributed by atoms with E-state index in [0.717, 1.165) is 0 Å². The number of carboxylic acid groups (broad SMARTS) is 1. The van der Waals surface area contributed by atoms with Crippen LogP contribution in [0.15, 0.2) is 12.4 Å². The molecule has 0 bridgehead atoms. The molecule has 0 aliphatic carbocycles. The molecular weight excluding hydrogens is 238 g/mol. The van der Waals surface area contributed by atoms with E-state index in [1.54, 1.807) is 20.8 Å². The van der Waals surface area contributed by atoms with Crippen molar-refractivity contribution in [1.29, 1.82) is 0 Å². The first kappa shape index (κ1) is 14.0. The second-order valence-electron chi connectivity index (χ2n) is 4.73. The summed E-state index contributed by atoms with van der Waals surface area (Å²) in [4.78, 5) is 21.9. The monoisotopic (exact) mass is 255 g/mol. The zero-order valence-electron chi connectivity index (χ0n) is 10.6. The van der Waals surface area contributed by atoms with E-state index in [1.165, 1.54) is 17.1 Å². The summed E-state index contributed by atoms with van der Waals surface area (Å²) in [6, 6.07) is 0. The average Bonchev–Trinajstić information content (AvgIpc) is 2.63. The van der Waals surface area contributed by atoms with Crippen molar-refractivity contribution in [2.45, 2.75) is 32.9 Å². The van der Waals surface area contributed by atoms with Gasteiger partial charge in [0.25, 0.3) is 0 Å². The molecule has 0 saturated carbocycles. The minimum absolute atomic E-state index is 0.118. The summed E-state index contributed by atoms with van der Waals surface area (Å²) in [6.45, 7) is 6.03. The van der Waals surface area contributed by atoms with Crippen molar-refractivity contribution in [3.63, 3.8) is 0 Å². The maximum absolute atomic E-state index is 11.3. The number of hydrogen-bond acceptors (Lipinski definition) is 4. The van der Waals surface area contributed by atoms with E-state index in [2.05, 4.69) is 10.4 Å². The van der Waals surface area contributed by atoms with Gasteiger partial charge in [-0.05, 0) is 20.8 Å². The largest absolute Gasteiger partial charge is 0.478 e. The highest BCUT2D eigenvalue weighted by atomic mass is 16.6. The predicted octanol–water partition coefficient (Wildman–Crippen LogP) is 1.11. The molecule has 0 aliphatic heterocycles. The number of hydrogen-bond donors (Lipinski definition) is 2. The molecule has 1 amide bonds. The molecular formula is C11H17N3O4. The third kappa shape index (κ3) is 4.86. The number of nitrogens with zero attached hydrogens (tertiary/aromatic N) is 2. The van der Waals surface area contributed by atoms with Gasteiger partial charge in [0.15, 0.2) is 0 Å². The molecule has 0 saturated heterocycles. The van der Waals surface area contributed by atoms with Crippen LogP contribution >= 0.6 is 0 Å². The van der Waals surface area contributed by atoms with Crippen LogP contribution in [0.25, 0.3) is 0 Å². The lowest BCUT2D eigenvalue weighted by Crippen LogP contribution is -2.34. The molecule has 1 aromatic rings. The summed E-state index contributed by atoms with van der Waals surface area (Å²) in [6.07, 6.45) is 2.16. The standard InChI is InChI=1S/C11H17N3O4/c1-11(2,3)18-10(17)12-4-5-14-7-8(6-13-14)9(15)16/h6-7H,4-5H2,1-3H3,(H,12,17)(H,15,16). The number of carboxylic acids is 1. The summed E-state index contributed by atoms with van der Waals surface area (Å²) in [5, 5.41) is 15.1. The Balaban J connectivity index is 2.33. The molecule has 0 atom stereocenters. The van der Waals surface area contributed by atoms with Crippen molar-refractivity contribution in [2.24, 2.45) is 0 Å². The Labute approximate surface area is 105 Å². The van der Waals surface area contributed by atoms with Crippen LogP contribution in [0.1, 0.15) is 31.1 Å². The van der Waals surface area contributed by atoms with Crippen LogP contribution in [0.4, 0.5) is 4.79 Å². The van der Waals surface area contributed by atoms with Gasteiger partial charge in [0.2, 0.25) is 0 Å². The minimum atomic E-state index is -1.03. The summed E-state index contributed by atoms with van der Waals surface area (Å²) >= 11 is 0. The lowest BCUT2D eigenvalue weighted by molar-refractivity contribution is 0.0524. The SMILES string of the molecule is CC(C)(C)OC(=O)NCCn1cc(C(=O)O)cn1. The van der Waals surface area contributed by atoms with E-state index < -0.39 is 17.7 Å². The highest BCUT2D eigenvalue weighted by Crippen LogP contribution is 2.06. The molecule has 1 heterocycles. The van der Waals surface area contributed by atoms with Gasteiger partial charge in [-0.15, -0.1) is 0 Å². The Hall–Kier alpha value is -2.05. The van der Waals surface area contributed by atoms with Crippen molar-refractivity contribution in [3.8, 4) is 0 Å². The third-order valence-electron chi connectivity index (χ3n) is 1.89. The Morgan fingerprint density at radius 1 is 1.50 bits per heavy atom. The average molecular weight is 255 g/mol. The number of ether oxygens (including phenoxy) is 1. The molecule has 7 nitrogen and oxygen atoms in total. The van der Waals surface area contributed by atoms with Crippen molar-refractivity contribution in [2.75, 3.05) is 6.54 Å². The molecule has 0 fully saturated rings. The first-order chi connectivity index (χ1) is 8.28. The second-order valence-corrected chi connectivity index (χ2v) is 4.73. The van der Waals surface area contributed by atoms with Crippen LogP contribution in [-0.4, -0.2) is 39.1 Å². The molecule has 1 rings (SSSR count). The molecule has 0 radical (unpaired) electrons. The maximum Gasteiger partial charge on any atom is 0.407 e. The molecule has 0 spiro atoms. The van der Waals surface area contributed by atoms with E-state index in [9.17, 15) is 9.59 Å². The first-order valence-electron chi connectivity index (χ1n) is 5.50. The molecule has 1 aromatic heterocycles. The topological polar surface area (TPSA) is 93.5 Å².